The van der Waals surface area contributed by atoms with Crippen LogP contribution in [0.5, 0.6) is 0 Å². The third kappa shape index (κ3) is 4.33. The number of nitrogens with one attached hydrogen (secondary N) is 1. The van der Waals surface area contributed by atoms with Crippen molar-refractivity contribution < 1.29 is 9.21 Å². The molecular formula is C27H26ClN3O2. The summed E-state index contributed by atoms with van der Waals surface area (Å²) in [6.45, 7) is 5.18. The van der Waals surface area contributed by atoms with Gasteiger partial charge in [0, 0.05) is 35.3 Å². The summed E-state index contributed by atoms with van der Waals surface area (Å²) >= 11 is 6.13. The molecule has 1 aliphatic rings. The van der Waals surface area contributed by atoms with Crippen molar-refractivity contribution >= 4 is 17.5 Å². The second-order valence-electron chi connectivity index (χ2n) is 8.54. The molecule has 2 aromatic heterocycles. The van der Waals surface area contributed by atoms with Gasteiger partial charge in [0.05, 0.1) is 12.2 Å². The van der Waals surface area contributed by atoms with Gasteiger partial charge in [-0.25, -0.2) is 0 Å². The van der Waals surface area contributed by atoms with Crippen molar-refractivity contribution in [2.75, 3.05) is 0 Å². The van der Waals surface area contributed by atoms with Crippen molar-refractivity contribution in [2.45, 2.75) is 46.2 Å². The summed E-state index contributed by atoms with van der Waals surface area (Å²) in [5.74, 6) is 1.02. The Balaban J connectivity index is 1.36. The molecule has 0 saturated carbocycles. The number of carbonyl (C=O) groups excluding carboxylic acids is 1. The van der Waals surface area contributed by atoms with Gasteiger partial charge in [0.15, 0.2) is 5.76 Å². The number of fused-ring (bicyclic) bond motifs is 3. The summed E-state index contributed by atoms with van der Waals surface area (Å²) in [5.41, 5.74) is 7.33. The molecular weight excluding hydrogens is 434 g/mol. The molecule has 5 rings (SSSR count). The molecule has 0 unspecified atom stereocenters. The highest BCUT2D eigenvalue weighted by atomic mass is 35.5. The maximum Gasteiger partial charge on any atom is 0.287 e. The molecule has 2 aromatic carbocycles. The quantitative estimate of drug-likeness (QED) is 0.399. The zero-order valence-electron chi connectivity index (χ0n) is 18.8. The third-order valence-electron chi connectivity index (χ3n) is 6.24. The minimum atomic E-state index is -0.193. The van der Waals surface area contributed by atoms with Crippen LogP contribution < -0.4 is 5.32 Å². The van der Waals surface area contributed by atoms with Gasteiger partial charge in [-0.2, -0.15) is 5.10 Å². The number of hydrogen-bond acceptors (Lipinski definition) is 3. The first kappa shape index (κ1) is 21.5. The first-order valence-corrected chi connectivity index (χ1v) is 11.7. The summed E-state index contributed by atoms with van der Waals surface area (Å²) in [4.78, 5) is 12.9. The van der Waals surface area contributed by atoms with Gasteiger partial charge in [0.2, 0.25) is 0 Å². The van der Waals surface area contributed by atoms with Crippen LogP contribution >= 0.6 is 11.6 Å². The predicted molar refractivity (Wildman–Crippen MR) is 130 cm³/mol. The molecule has 33 heavy (non-hydrogen) atoms. The molecule has 0 spiro atoms. The monoisotopic (exact) mass is 459 g/mol. The van der Waals surface area contributed by atoms with Gasteiger partial charge in [0.25, 0.3) is 5.91 Å². The molecule has 5 nitrogen and oxygen atoms in total. The molecule has 0 bridgehead atoms. The number of rotatable bonds is 6. The van der Waals surface area contributed by atoms with E-state index in [-0.39, 0.29) is 5.91 Å². The lowest BCUT2D eigenvalue weighted by Crippen LogP contribution is -2.23. The minimum Gasteiger partial charge on any atom is -0.455 e. The van der Waals surface area contributed by atoms with E-state index in [1.54, 1.807) is 0 Å². The number of carbonyl (C=O) groups is 1. The number of amides is 1. The fourth-order valence-corrected chi connectivity index (χ4v) is 4.65. The van der Waals surface area contributed by atoms with Crippen LogP contribution in [0, 0.1) is 6.92 Å². The summed E-state index contributed by atoms with van der Waals surface area (Å²) in [6, 6.07) is 16.1. The molecule has 0 radical (unpaired) electrons. The molecule has 0 atom stereocenters. The lowest BCUT2D eigenvalue weighted by atomic mass is 9.93. The fourth-order valence-electron chi connectivity index (χ4n) is 4.44. The molecule has 4 aromatic rings. The number of aryl methyl sites for hydroxylation is 3. The molecule has 2 heterocycles. The van der Waals surface area contributed by atoms with E-state index in [1.807, 2.05) is 35.9 Å². The van der Waals surface area contributed by atoms with Gasteiger partial charge in [0.1, 0.15) is 5.76 Å². The number of halogens is 1. The molecule has 6 heteroatoms. The van der Waals surface area contributed by atoms with Crippen molar-refractivity contribution in [3.8, 4) is 11.3 Å². The summed E-state index contributed by atoms with van der Waals surface area (Å²) in [6.07, 6.45) is 4.69. The fraction of sp³-hybridized carbons (Fsp3) is 0.259. The van der Waals surface area contributed by atoms with Crippen LogP contribution in [0.2, 0.25) is 5.02 Å². The van der Waals surface area contributed by atoms with Gasteiger partial charge < -0.3 is 9.73 Å². The second kappa shape index (κ2) is 8.91. The molecule has 168 valence electrons. The highest BCUT2D eigenvalue weighted by Crippen LogP contribution is 2.38. The predicted octanol–water partition coefficient (Wildman–Crippen LogP) is 5.74. The summed E-state index contributed by atoms with van der Waals surface area (Å²) in [5, 5.41) is 8.56. The zero-order valence-corrected chi connectivity index (χ0v) is 19.6. The molecule has 1 N–H and O–H groups in total. The van der Waals surface area contributed by atoms with E-state index in [1.165, 1.54) is 11.1 Å². The highest BCUT2D eigenvalue weighted by Gasteiger charge is 2.29. The van der Waals surface area contributed by atoms with E-state index < -0.39 is 0 Å². The Labute approximate surface area is 198 Å². The number of nitrogens with zero attached hydrogens (tertiary/aromatic N) is 2. The lowest BCUT2D eigenvalue weighted by Gasteiger charge is -2.09. The Bertz CT molecular complexity index is 1320. The van der Waals surface area contributed by atoms with E-state index in [9.17, 15) is 4.79 Å². The van der Waals surface area contributed by atoms with Crippen LogP contribution in [-0.4, -0.2) is 15.7 Å². The molecule has 0 fully saturated rings. The van der Waals surface area contributed by atoms with Crippen LogP contribution in [0.1, 0.15) is 51.1 Å². The average Bonchev–Trinajstić information content (AvgIpc) is 3.38. The Morgan fingerprint density at radius 1 is 1.12 bits per heavy atom. The Morgan fingerprint density at radius 2 is 1.91 bits per heavy atom. The standard InChI is InChI=1S/C27H26ClN3O2/c1-3-18-7-9-19(10-8-18)14-29-27(32)26-17(2)24-23(33-26)12-11-21-16-31(30-25(21)24)15-20-5-4-6-22(28)13-20/h4-10,13,16H,3,11-12,14-15H2,1-2H3,(H,29,32). The minimum absolute atomic E-state index is 0.193. The van der Waals surface area contributed by atoms with Gasteiger partial charge >= 0.3 is 0 Å². The number of benzene rings is 2. The maximum atomic E-state index is 12.9. The molecule has 0 saturated heterocycles. The van der Waals surface area contributed by atoms with E-state index in [0.29, 0.717) is 23.9 Å². The van der Waals surface area contributed by atoms with Crippen molar-refractivity contribution in [2.24, 2.45) is 0 Å². The van der Waals surface area contributed by atoms with Gasteiger partial charge in [-0.05, 0) is 54.2 Å². The number of furan rings is 1. The highest BCUT2D eigenvalue weighted by molar-refractivity contribution is 6.30. The van der Waals surface area contributed by atoms with Gasteiger partial charge in [-0.1, -0.05) is 54.9 Å². The van der Waals surface area contributed by atoms with E-state index in [2.05, 4.69) is 42.7 Å². The number of aromatic nitrogens is 2. The Hall–Kier alpha value is -3.31. The smallest absolute Gasteiger partial charge is 0.287 e. The van der Waals surface area contributed by atoms with E-state index >= 15 is 0 Å². The van der Waals surface area contributed by atoms with Crippen molar-refractivity contribution in [3.05, 3.63) is 99.1 Å². The van der Waals surface area contributed by atoms with Gasteiger partial charge in [-0.15, -0.1) is 0 Å². The van der Waals surface area contributed by atoms with Crippen molar-refractivity contribution in [1.82, 2.24) is 15.1 Å². The molecule has 1 amide bonds. The van der Waals surface area contributed by atoms with Crippen molar-refractivity contribution in [3.63, 3.8) is 0 Å². The van der Waals surface area contributed by atoms with Crippen LogP contribution in [0.15, 0.2) is 59.1 Å². The number of hydrogen-bond donors (Lipinski definition) is 1. The van der Waals surface area contributed by atoms with Crippen molar-refractivity contribution in [1.29, 1.82) is 0 Å². The van der Waals surface area contributed by atoms with E-state index in [0.717, 1.165) is 53.0 Å². The lowest BCUT2D eigenvalue weighted by molar-refractivity contribution is 0.0920. The van der Waals surface area contributed by atoms with Gasteiger partial charge in [-0.3, -0.25) is 9.48 Å². The van der Waals surface area contributed by atoms with Crippen LogP contribution in [0.4, 0.5) is 0 Å². The average molecular weight is 460 g/mol. The topological polar surface area (TPSA) is 60.1 Å². The second-order valence-corrected chi connectivity index (χ2v) is 8.97. The maximum absolute atomic E-state index is 12.9. The first-order valence-electron chi connectivity index (χ1n) is 11.3. The summed E-state index contributed by atoms with van der Waals surface area (Å²) < 4.78 is 7.99. The van der Waals surface area contributed by atoms with Crippen LogP contribution in [-0.2, 0) is 32.4 Å². The third-order valence-corrected chi connectivity index (χ3v) is 6.47. The largest absolute Gasteiger partial charge is 0.455 e. The Kier molecular flexibility index (Phi) is 5.81. The molecule has 1 aliphatic carbocycles. The molecule has 0 aliphatic heterocycles. The summed E-state index contributed by atoms with van der Waals surface area (Å²) in [7, 11) is 0. The van der Waals surface area contributed by atoms with Crippen LogP contribution in [0.3, 0.4) is 0 Å². The normalized spacial score (nSPS) is 12.3. The first-order chi connectivity index (χ1) is 16.0. The van der Waals surface area contributed by atoms with E-state index in [4.69, 9.17) is 21.1 Å². The SMILES string of the molecule is CCc1ccc(CNC(=O)c2oc3c(c2C)-c2nn(Cc4cccc(Cl)c4)cc2CC3)cc1. The van der Waals surface area contributed by atoms with Crippen LogP contribution in [0.25, 0.3) is 11.3 Å². The zero-order chi connectivity index (χ0) is 22.9. The Morgan fingerprint density at radius 3 is 2.67 bits per heavy atom.